The number of hydrogen-bond donors (Lipinski definition) is 1. The highest BCUT2D eigenvalue weighted by Gasteiger charge is 2.10. The van der Waals surface area contributed by atoms with Crippen LogP contribution in [0.25, 0.3) is 0 Å². The number of thiazole rings is 1. The predicted molar refractivity (Wildman–Crippen MR) is 87.4 cm³/mol. The van der Waals surface area contributed by atoms with Crippen LogP contribution in [0.5, 0.6) is 0 Å². The monoisotopic (exact) mass is 344 g/mol. The number of rotatable bonds is 8. The van der Waals surface area contributed by atoms with Gasteiger partial charge < -0.3 is 10.1 Å². The molecule has 0 aliphatic carbocycles. The van der Waals surface area contributed by atoms with Gasteiger partial charge in [-0.1, -0.05) is 11.6 Å². The van der Waals surface area contributed by atoms with Crippen molar-refractivity contribution in [3.8, 4) is 0 Å². The number of aryl methyl sites for hydroxylation is 1. The maximum absolute atomic E-state index is 11.5. The maximum atomic E-state index is 11.5. The first-order chi connectivity index (χ1) is 10.2. The van der Waals surface area contributed by atoms with E-state index in [9.17, 15) is 4.79 Å². The highest BCUT2D eigenvalue weighted by Crippen LogP contribution is 2.22. The van der Waals surface area contributed by atoms with E-state index >= 15 is 0 Å². The molecule has 0 fully saturated rings. The molecule has 0 unspecified atom stereocenters. The first kappa shape index (κ1) is 16.4. The van der Waals surface area contributed by atoms with Crippen LogP contribution in [0.15, 0.2) is 17.5 Å². The van der Waals surface area contributed by atoms with E-state index in [2.05, 4.69) is 16.4 Å². The van der Waals surface area contributed by atoms with Gasteiger partial charge in [0, 0.05) is 16.8 Å². The van der Waals surface area contributed by atoms with Crippen molar-refractivity contribution in [1.82, 2.24) is 10.3 Å². The van der Waals surface area contributed by atoms with E-state index in [-0.39, 0.29) is 5.97 Å². The third-order valence-corrected chi connectivity index (χ3v) is 4.86. The number of thiophene rings is 1. The highest BCUT2D eigenvalue weighted by atomic mass is 35.5. The van der Waals surface area contributed by atoms with Gasteiger partial charge >= 0.3 is 5.97 Å². The van der Waals surface area contributed by atoms with E-state index in [4.69, 9.17) is 16.3 Å². The number of nitrogens with zero attached hydrogens (tertiary/aromatic N) is 1. The summed E-state index contributed by atoms with van der Waals surface area (Å²) in [6.07, 6.45) is 2.07. The molecular formula is C14H17ClN2O2S2. The Balaban J connectivity index is 1.65. The molecule has 7 heteroatoms. The van der Waals surface area contributed by atoms with Gasteiger partial charge in [-0.2, -0.15) is 0 Å². The van der Waals surface area contributed by atoms with Gasteiger partial charge in [0.2, 0.25) is 0 Å². The van der Waals surface area contributed by atoms with Crippen molar-refractivity contribution in [2.45, 2.75) is 26.3 Å². The Bertz CT molecular complexity index is 583. The molecule has 2 heterocycles. The van der Waals surface area contributed by atoms with Gasteiger partial charge in [-0.3, -0.25) is 0 Å². The molecule has 0 aromatic carbocycles. The van der Waals surface area contributed by atoms with Crippen molar-refractivity contribution in [2.24, 2.45) is 0 Å². The lowest BCUT2D eigenvalue weighted by molar-refractivity contribution is 0.0520. The Morgan fingerprint density at radius 3 is 3.05 bits per heavy atom. The summed E-state index contributed by atoms with van der Waals surface area (Å²) in [6.45, 7) is 3.74. The van der Waals surface area contributed by atoms with Crippen LogP contribution in [0, 0.1) is 0 Å². The molecule has 2 aromatic rings. The third-order valence-electron chi connectivity index (χ3n) is 2.72. The zero-order chi connectivity index (χ0) is 15.1. The molecule has 0 atom stereocenters. The second-order valence-corrected chi connectivity index (χ2v) is 7.08. The van der Waals surface area contributed by atoms with E-state index < -0.39 is 0 Å². The maximum Gasteiger partial charge on any atom is 0.357 e. The number of ether oxygens (including phenoxy) is 1. The summed E-state index contributed by atoms with van der Waals surface area (Å²) < 4.78 is 5.75. The van der Waals surface area contributed by atoms with Gasteiger partial charge in [-0.25, -0.2) is 9.78 Å². The van der Waals surface area contributed by atoms with Gasteiger partial charge in [-0.15, -0.1) is 22.7 Å². The molecular weight excluding hydrogens is 328 g/mol. The summed E-state index contributed by atoms with van der Waals surface area (Å²) in [4.78, 5) is 17.0. The van der Waals surface area contributed by atoms with Crippen molar-refractivity contribution in [1.29, 1.82) is 0 Å². The fourth-order valence-electron chi connectivity index (χ4n) is 1.76. The summed E-state index contributed by atoms with van der Waals surface area (Å²) in [6, 6.07) is 4.00. The van der Waals surface area contributed by atoms with E-state index in [1.54, 1.807) is 23.6 Å². The Morgan fingerprint density at radius 2 is 2.33 bits per heavy atom. The molecule has 21 heavy (non-hydrogen) atoms. The molecule has 0 saturated heterocycles. The summed E-state index contributed by atoms with van der Waals surface area (Å²) in [5.41, 5.74) is 0.395. The molecule has 2 rings (SSSR count). The SMILES string of the molecule is CCOC(=O)c1csc(CNCCCc2ccc(Cl)s2)n1. The number of carbonyl (C=O) groups is 1. The van der Waals surface area contributed by atoms with Gasteiger partial charge in [-0.05, 0) is 38.4 Å². The Hall–Kier alpha value is -0.950. The fraction of sp³-hybridized carbons (Fsp3) is 0.429. The number of carbonyl (C=O) groups excluding carboxylic acids is 1. The van der Waals surface area contributed by atoms with Crippen LogP contribution in [-0.2, 0) is 17.7 Å². The lowest BCUT2D eigenvalue weighted by Crippen LogP contribution is -2.15. The molecule has 0 saturated carbocycles. The summed E-state index contributed by atoms with van der Waals surface area (Å²) >= 11 is 8.99. The van der Waals surface area contributed by atoms with E-state index in [0.717, 1.165) is 28.7 Å². The molecule has 114 valence electrons. The minimum absolute atomic E-state index is 0.352. The Morgan fingerprint density at radius 1 is 1.48 bits per heavy atom. The minimum Gasteiger partial charge on any atom is -0.461 e. The summed E-state index contributed by atoms with van der Waals surface area (Å²) in [7, 11) is 0. The lowest BCUT2D eigenvalue weighted by Gasteiger charge is -2.01. The quantitative estimate of drug-likeness (QED) is 0.585. The zero-order valence-electron chi connectivity index (χ0n) is 11.7. The Labute approximate surface area is 137 Å². The predicted octanol–water partition coefficient (Wildman–Crippen LogP) is 3.76. The molecule has 2 aromatic heterocycles. The summed E-state index contributed by atoms with van der Waals surface area (Å²) in [5.74, 6) is -0.352. The molecule has 0 bridgehead atoms. The first-order valence-corrected chi connectivity index (χ1v) is 8.83. The molecule has 4 nitrogen and oxygen atoms in total. The van der Waals surface area contributed by atoms with Crippen molar-refractivity contribution < 1.29 is 9.53 Å². The van der Waals surface area contributed by atoms with Gasteiger partial charge in [0.1, 0.15) is 5.01 Å². The van der Waals surface area contributed by atoms with Gasteiger partial charge in [0.25, 0.3) is 0 Å². The first-order valence-electron chi connectivity index (χ1n) is 6.75. The van der Waals surface area contributed by atoms with Crippen LogP contribution >= 0.6 is 34.3 Å². The van der Waals surface area contributed by atoms with Gasteiger partial charge in [0.15, 0.2) is 5.69 Å². The number of aromatic nitrogens is 1. The number of esters is 1. The van der Waals surface area contributed by atoms with Gasteiger partial charge in [0.05, 0.1) is 10.9 Å². The van der Waals surface area contributed by atoms with Crippen molar-refractivity contribution in [2.75, 3.05) is 13.2 Å². The van der Waals surface area contributed by atoms with Crippen molar-refractivity contribution >= 4 is 40.2 Å². The summed E-state index contributed by atoms with van der Waals surface area (Å²) in [5, 5.41) is 5.97. The van der Waals surface area contributed by atoms with E-state index in [0.29, 0.717) is 18.8 Å². The van der Waals surface area contributed by atoms with Crippen molar-refractivity contribution in [3.63, 3.8) is 0 Å². The van der Waals surface area contributed by atoms with Crippen LogP contribution in [0.1, 0.15) is 33.7 Å². The molecule has 0 radical (unpaired) electrons. The largest absolute Gasteiger partial charge is 0.461 e. The highest BCUT2D eigenvalue weighted by molar-refractivity contribution is 7.16. The molecule has 0 aliphatic heterocycles. The van der Waals surface area contributed by atoms with Crippen LogP contribution in [0.4, 0.5) is 0 Å². The lowest BCUT2D eigenvalue weighted by atomic mass is 10.2. The number of halogens is 1. The number of nitrogens with one attached hydrogen (secondary N) is 1. The molecule has 0 spiro atoms. The second kappa shape index (κ2) is 8.48. The van der Waals surface area contributed by atoms with E-state index in [1.165, 1.54) is 16.2 Å². The van der Waals surface area contributed by atoms with E-state index in [1.807, 2.05) is 6.07 Å². The average Bonchev–Trinajstić information content (AvgIpc) is 3.08. The average molecular weight is 345 g/mol. The molecule has 1 N–H and O–H groups in total. The van der Waals surface area contributed by atoms with Crippen LogP contribution < -0.4 is 5.32 Å². The molecule has 0 amide bonds. The van der Waals surface area contributed by atoms with Crippen LogP contribution in [0.2, 0.25) is 4.34 Å². The Kier molecular flexibility index (Phi) is 6.63. The normalized spacial score (nSPS) is 10.8. The zero-order valence-corrected chi connectivity index (χ0v) is 14.1. The number of hydrogen-bond acceptors (Lipinski definition) is 6. The van der Waals surface area contributed by atoms with Crippen molar-refractivity contribution in [3.05, 3.63) is 37.4 Å². The van der Waals surface area contributed by atoms with Crippen LogP contribution in [0.3, 0.4) is 0 Å². The smallest absolute Gasteiger partial charge is 0.357 e. The standard InChI is InChI=1S/C14H17ClN2O2S2/c1-2-19-14(18)11-9-20-13(17-11)8-16-7-3-4-10-5-6-12(15)21-10/h5-6,9,16H,2-4,7-8H2,1H3. The topological polar surface area (TPSA) is 51.2 Å². The minimum atomic E-state index is -0.352. The second-order valence-electron chi connectivity index (χ2n) is 4.33. The third kappa shape index (κ3) is 5.39. The molecule has 0 aliphatic rings. The van der Waals surface area contributed by atoms with Crippen LogP contribution in [-0.4, -0.2) is 24.1 Å². The fourth-order valence-corrected chi connectivity index (χ4v) is 3.62.